The standard InChI is InChI=1S/C14H16N3/c1-9-7-13-14(8-10(9)2)17(15)11(3)12-5-4-6-16(12)13/h4-8H,15H2,1-3H3/q+1. The first-order valence-corrected chi connectivity index (χ1v) is 5.77. The van der Waals surface area contributed by atoms with E-state index in [0.29, 0.717) is 0 Å². The van der Waals surface area contributed by atoms with Crippen LogP contribution < -0.4 is 10.5 Å². The second-order valence-corrected chi connectivity index (χ2v) is 4.64. The van der Waals surface area contributed by atoms with E-state index in [1.807, 2.05) is 6.92 Å². The second-order valence-electron chi connectivity index (χ2n) is 4.64. The molecule has 0 aliphatic rings. The summed E-state index contributed by atoms with van der Waals surface area (Å²) in [6.07, 6.45) is 2.08. The number of rotatable bonds is 0. The number of aromatic nitrogens is 2. The fourth-order valence-corrected chi connectivity index (χ4v) is 2.36. The highest BCUT2D eigenvalue weighted by Crippen LogP contribution is 2.20. The summed E-state index contributed by atoms with van der Waals surface area (Å²) < 4.78 is 3.97. The van der Waals surface area contributed by atoms with Crippen molar-refractivity contribution in [2.45, 2.75) is 20.8 Å². The SMILES string of the molecule is Cc1cc2c(cc1C)[n+](N)c(C)c1cccn12. The van der Waals surface area contributed by atoms with Gasteiger partial charge in [-0.25, -0.2) is 5.84 Å². The van der Waals surface area contributed by atoms with E-state index in [1.165, 1.54) is 11.1 Å². The van der Waals surface area contributed by atoms with Crippen molar-refractivity contribution in [2.75, 3.05) is 5.84 Å². The molecule has 0 atom stereocenters. The Hall–Kier alpha value is -2.03. The van der Waals surface area contributed by atoms with Gasteiger partial charge in [-0.1, -0.05) is 4.68 Å². The summed E-state index contributed by atoms with van der Waals surface area (Å²) in [5.74, 6) is 6.17. The maximum Gasteiger partial charge on any atom is 0.259 e. The lowest BCUT2D eigenvalue weighted by molar-refractivity contribution is -0.617. The number of hydrogen-bond acceptors (Lipinski definition) is 1. The zero-order valence-electron chi connectivity index (χ0n) is 10.4. The molecule has 0 amide bonds. The molecule has 1 aromatic carbocycles. The first-order valence-electron chi connectivity index (χ1n) is 5.77. The third-order valence-electron chi connectivity index (χ3n) is 3.59. The topological polar surface area (TPSA) is 34.3 Å². The summed E-state index contributed by atoms with van der Waals surface area (Å²) in [5.41, 5.74) is 7.00. The fraction of sp³-hybridized carbons (Fsp3) is 0.214. The number of nitrogen functional groups attached to an aromatic ring is 1. The summed E-state index contributed by atoms with van der Waals surface area (Å²) in [4.78, 5) is 0. The van der Waals surface area contributed by atoms with Crippen LogP contribution in [-0.4, -0.2) is 4.40 Å². The van der Waals surface area contributed by atoms with Crippen LogP contribution >= 0.6 is 0 Å². The van der Waals surface area contributed by atoms with E-state index in [2.05, 4.69) is 48.7 Å². The van der Waals surface area contributed by atoms with Gasteiger partial charge >= 0.3 is 0 Å². The molecule has 2 aromatic heterocycles. The molecule has 0 spiro atoms. The van der Waals surface area contributed by atoms with Crippen molar-refractivity contribution in [1.29, 1.82) is 0 Å². The minimum Gasteiger partial charge on any atom is -0.306 e. The Bertz CT molecular complexity index is 738. The molecule has 0 saturated carbocycles. The van der Waals surface area contributed by atoms with Crippen LogP contribution in [0.5, 0.6) is 0 Å². The van der Waals surface area contributed by atoms with Gasteiger partial charge in [-0.15, -0.1) is 0 Å². The molecule has 3 rings (SSSR count). The van der Waals surface area contributed by atoms with E-state index in [4.69, 9.17) is 5.84 Å². The molecule has 0 bridgehead atoms. The first-order chi connectivity index (χ1) is 8.09. The molecule has 3 nitrogen and oxygen atoms in total. The summed E-state index contributed by atoms with van der Waals surface area (Å²) >= 11 is 0. The Morgan fingerprint density at radius 1 is 1.06 bits per heavy atom. The van der Waals surface area contributed by atoms with Gasteiger partial charge in [0.25, 0.3) is 5.52 Å². The van der Waals surface area contributed by atoms with Crippen LogP contribution in [0.2, 0.25) is 0 Å². The Morgan fingerprint density at radius 2 is 1.76 bits per heavy atom. The van der Waals surface area contributed by atoms with E-state index in [0.717, 1.165) is 22.2 Å². The van der Waals surface area contributed by atoms with Gasteiger partial charge in [-0.05, 0) is 43.2 Å². The van der Waals surface area contributed by atoms with Crippen molar-refractivity contribution >= 4 is 16.6 Å². The van der Waals surface area contributed by atoms with E-state index in [9.17, 15) is 0 Å². The molecule has 0 fully saturated rings. The minimum atomic E-state index is 1.06. The molecule has 3 heteroatoms. The third kappa shape index (κ3) is 1.25. The Balaban J connectivity index is 2.65. The quantitative estimate of drug-likeness (QED) is 0.462. The van der Waals surface area contributed by atoms with Crippen LogP contribution in [0.4, 0.5) is 0 Å². The monoisotopic (exact) mass is 226 g/mol. The van der Waals surface area contributed by atoms with Crippen molar-refractivity contribution in [2.24, 2.45) is 0 Å². The highest BCUT2D eigenvalue weighted by molar-refractivity contribution is 5.78. The molecule has 0 aliphatic heterocycles. The number of benzene rings is 1. The lowest BCUT2D eigenvalue weighted by Crippen LogP contribution is -2.48. The summed E-state index contributed by atoms with van der Waals surface area (Å²) in [5, 5.41) is 0. The molecule has 86 valence electrons. The molecule has 0 saturated heterocycles. The van der Waals surface area contributed by atoms with Crippen molar-refractivity contribution in [1.82, 2.24) is 4.40 Å². The molecule has 2 N–H and O–H groups in total. The van der Waals surface area contributed by atoms with Crippen molar-refractivity contribution < 1.29 is 4.68 Å². The zero-order chi connectivity index (χ0) is 12.2. The van der Waals surface area contributed by atoms with Gasteiger partial charge in [-0.3, -0.25) is 0 Å². The van der Waals surface area contributed by atoms with Crippen LogP contribution in [0.1, 0.15) is 16.8 Å². The van der Waals surface area contributed by atoms with Gasteiger partial charge in [0.1, 0.15) is 11.0 Å². The molecule has 17 heavy (non-hydrogen) atoms. The van der Waals surface area contributed by atoms with E-state index in [1.54, 1.807) is 4.68 Å². The van der Waals surface area contributed by atoms with Crippen molar-refractivity contribution in [3.8, 4) is 0 Å². The largest absolute Gasteiger partial charge is 0.306 e. The Labute approximate surface area is 100 Å². The highest BCUT2D eigenvalue weighted by Gasteiger charge is 2.17. The number of nitrogens with zero attached hydrogens (tertiary/aromatic N) is 2. The summed E-state index contributed by atoms with van der Waals surface area (Å²) in [6.45, 7) is 6.29. The molecule has 2 heterocycles. The van der Waals surface area contributed by atoms with E-state index >= 15 is 0 Å². The van der Waals surface area contributed by atoms with Crippen LogP contribution in [0.25, 0.3) is 16.6 Å². The van der Waals surface area contributed by atoms with Crippen molar-refractivity contribution in [3.63, 3.8) is 0 Å². The van der Waals surface area contributed by atoms with Gasteiger partial charge in [0, 0.05) is 19.2 Å². The molecule has 0 unspecified atom stereocenters. The molecular formula is C14H16N3+. The van der Waals surface area contributed by atoms with Gasteiger partial charge < -0.3 is 4.40 Å². The average Bonchev–Trinajstić information content (AvgIpc) is 2.78. The van der Waals surface area contributed by atoms with Crippen LogP contribution in [-0.2, 0) is 0 Å². The number of nitrogens with two attached hydrogens (primary N) is 1. The van der Waals surface area contributed by atoms with Gasteiger partial charge in [0.15, 0.2) is 0 Å². The fourth-order valence-electron chi connectivity index (χ4n) is 2.36. The first kappa shape index (κ1) is 10.1. The van der Waals surface area contributed by atoms with E-state index in [-0.39, 0.29) is 0 Å². The maximum absolute atomic E-state index is 6.17. The predicted molar refractivity (Wildman–Crippen MR) is 69.5 cm³/mol. The normalized spacial score (nSPS) is 11.5. The van der Waals surface area contributed by atoms with Crippen LogP contribution in [0.3, 0.4) is 0 Å². The summed E-state index contributed by atoms with van der Waals surface area (Å²) in [6, 6.07) is 8.49. The highest BCUT2D eigenvalue weighted by atomic mass is 15.3. The number of aryl methyl sites for hydroxylation is 3. The predicted octanol–water partition coefficient (Wildman–Crippen LogP) is 2.02. The van der Waals surface area contributed by atoms with Crippen LogP contribution in [0, 0.1) is 20.8 Å². The van der Waals surface area contributed by atoms with Crippen molar-refractivity contribution in [3.05, 3.63) is 47.3 Å². The second kappa shape index (κ2) is 3.23. The zero-order valence-corrected chi connectivity index (χ0v) is 10.4. The minimum absolute atomic E-state index is 1.06. The maximum atomic E-state index is 6.17. The van der Waals surface area contributed by atoms with Gasteiger partial charge in [0.2, 0.25) is 5.69 Å². The van der Waals surface area contributed by atoms with Gasteiger partial charge in [0.05, 0.1) is 0 Å². The molecule has 0 aliphatic carbocycles. The molecule has 3 aromatic rings. The number of hydrogen-bond donors (Lipinski definition) is 1. The molecular weight excluding hydrogens is 210 g/mol. The smallest absolute Gasteiger partial charge is 0.259 e. The van der Waals surface area contributed by atoms with Crippen LogP contribution in [0.15, 0.2) is 30.5 Å². The summed E-state index contributed by atoms with van der Waals surface area (Å²) in [7, 11) is 0. The average molecular weight is 226 g/mol. The Morgan fingerprint density at radius 3 is 2.53 bits per heavy atom. The molecule has 0 radical (unpaired) electrons. The third-order valence-corrected chi connectivity index (χ3v) is 3.59. The number of fused-ring (bicyclic) bond motifs is 3. The Kier molecular flexibility index (Phi) is 1.93. The lowest BCUT2D eigenvalue weighted by Gasteiger charge is -2.06. The van der Waals surface area contributed by atoms with E-state index < -0.39 is 0 Å². The lowest BCUT2D eigenvalue weighted by atomic mass is 10.1. The van der Waals surface area contributed by atoms with Gasteiger partial charge in [-0.2, -0.15) is 0 Å².